The molecule has 2 N–H and O–H groups in total. The molecule has 2 heterocycles. The monoisotopic (exact) mass is 471 g/mol. The van der Waals surface area contributed by atoms with Crippen molar-refractivity contribution in [1.29, 1.82) is 0 Å². The van der Waals surface area contributed by atoms with Gasteiger partial charge in [-0.3, -0.25) is 4.79 Å². The number of aromatic nitrogens is 2. The van der Waals surface area contributed by atoms with Gasteiger partial charge in [0.1, 0.15) is 0 Å². The summed E-state index contributed by atoms with van der Waals surface area (Å²) in [4.78, 5) is 19.6. The van der Waals surface area contributed by atoms with Crippen molar-refractivity contribution in [2.24, 2.45) is 0 Å². The van der Waals surface area contributed by atoms with Crippen molar-refractivity contribution in [2.45, 2.75) is 38.9 Å². The summed E-state index contributed by atoms with van der Waals surface area (Å²) in [6, 6.07) is 10.3. The zero-order valence-electron chi connectivity index (χ0n) is 18.5. The van der Waals surface area contributed by atoms with E-state index in [1.165, 1.54) is 12.1 Å². The smallest absolute Gasteiger partial charge is 0.481 e. The molecule has 1 atom stereocenters. The van der Waals surface area contributed by atoms with E-state index in [4.69, 9.17) is 4.74 Å². The molecule has 3 aromatic rings. The molecule has 0 unspecified atom stereocenters. The molecule has 0 saturated carbocycles. The molecule has 1 aliphatic heterocycles. The average molecular weight is 471 g/mol. The van der Waals surface area contributed by atoms with Crippen LogP contribution in [0.15, 0.2) is 48.8 Å². The van der Waals surface area contributed by atoms with E-state index in [2.05, 4.69) is 24.8 Å². The lowest BCUT2D eigenvalue weighted by Gasteiger charge is -2.18. The summed E-state index contributed by atoms with van der Waals surface area (Å²) in [6.45, 7) is 4.19. The fourth-order valence-electron chi connectivity index (χ4n) is 3.74. The fourth-order valence-corrected chi connectivity index (χ4v) is 3.74. The first kappa shape index (κ1) is 23.2. The highest BCUT2D eigenvalue weighted by Gasteiger charge is 2.43. The molecule has 0 spiro atoms. The Morgan fingerprint density at radius 2 is 1.85 bits per heavy atom. The first-order valence-corrected chi connectivity index (χ1v) is 10.8. The molecule has 178 valence electrons. The van der Waals surface area contributed by atoms with Gasteiger partial charge < -0.3 is 24.6 Å². The number of nitrogens with one attached hydrogen (secondary N) is 1. The topological polar surface area (TPSA) is 103 Å². The second kappa shape index (κ2) is 9.50. The van der Waals surface area contributed by atoms with Crippen LogP contribution in [0.1, 0.15) is 38.2 Å². The molecule has 1 aliphatic rings. The van der Waals surface area contributed by atoms with E-state index < -0.39 is 12.3 Å². The zero-order valence-corrected chi connectivity index (χ0v) is 18.5. The number of anilines is 2. The van der Waals surface area contributed by atoms with Gasteiger partial charge in [0.05, 0.1) is 31.1 Å². The van der Waals surface area contributed by atoms with Crippen molar-refractivity contribution < 1.29 is 32.9 Å². The van der Waals surface area contributed by atoms with Crippen LogP contribution in [0, 0.1) is 0 Å². The van der Waals surface area contributed by atoms with Crippen LogP contribution in [0.4, 0.5) is 20.2 Å². The number of carboxylic acid groups (broad SMARTS) is 1. The maximum absolute atomic E-state index is 13.5. The maximum atomic E-state index is 13.5. The molecule has 10 heteroatoms. The number of hydrogen-bond donors (Lipinski definition) is 2. The summed E-state index contributed by atoms with van der Waals surface area (Å²) in [7, 11) is 0. The van der Waals surface area contributed by atoms with E-state index in [1.54, 1.807) is 18.5 Å². The average Bonchev–Trinajstić information content (AvgIpc) is 3.11. The summed E-state index contributed by atoms with van der Waals surface area (Å²) in [5.41, 5.74) is 3.31. The minimum absolute atomic E-state index is 0.0133. The van der Waals surface area contributed by atoms with Gasteiger partial charge in [-0.1, -0.05) is 25.1 Å². The standard InChI is InChI=1S/C24H23F2N3O5/c1-3-14(11-22(30)31)15-5-7-18(16-6-8-20-21(10-16)34-24(25,26)33-20)19(9-15)29-17-12-27-23(28-13-17)32-4-2/h5-10,12-14,29H,3-4,11H2,1-2H3,(H,30,31)/t14-/m1/s1. The molecule has 0 bridgehead atoms. The number of carbonyl (C=O) groups is 1. The molecular formula is C24H23F2N3O5. The number of rotatable bonds is 9. The van der Waals surface area contributed by atoms with E-state index in [1.807, 2.05) is 32.0 Å². The lowest BCUT2D eigenvalue weighted by atomic mass is 9.90. The highest BCUT2D eigenvalue weighted by molar-refractivity contribution is 5.83. The van der Waals surface area contributed by atoms with Gasteiger partial charge in [0.2, 0.25) is 0 Å². The molecule has 0 fully saturated rings. The number of halogens is 2. The van der Waals surface area contributed by atoms with Crippen LogP contribution in [0.2, 0.25) is 0 Å². The quantitative estimate of drug-likeness (QED) is 0.417. The molecule has 1 aromatic heterocycles. The molecule has 0 amide bonds. The van der Waals surface area contributed by atoms with E-state index in [0.717, 1.165) is 5.56 Å². The number of benzene rings is 2. The molecule has 2 aromatic carbocycles. The Kier molecular flexibility index (Phi) is 6.49. The molecule has 8 nitrogen and oxygen atoms in total. The third-order valence-corrected chi connectivity index (χ3v) is 5.32. The van der Waals surface area contributed by atoms with Gasteiger partial charge in [-0.2, -0.15) is 0 Å². The largest absolute Gasteiger partial charge is 0.586 e. The van der Waals surface area contributed by atoms with E-state index in [-0.39, 0.29) is 29.8 Å². The minimum Gasteiger partial charge on any atom is -0.481 e. The first-order chi connectivity index (χ1) is 16.3. The normalized spacial score (nSPS) is 14.5. The summed E-state index contributed by atoms with van der Waals surface area (Å²) >= 11 is 0. The Hall–Kier alpha value is -3.95. The van der Waals surface area contributed by atoms with Gasteiger partial charge in [-0.05, 0) is 48.6 Å². The summed E-state index contributed by atoms with van der Waals surface area (Å²) in [5.74, 6) is -1.20. The van der Waals surface area contributed by atoms with Gasteiger partial charge in [-0.25, -0.2) is 9.97 Å². The van der Waals surface area contributed by atoms with Crippen LogP contribution in [0.25, 0.3) is 11.1 Å². The Balaban J connectivity index is 1.73. The summed E-state index contributed by atoms with van der Waals surface area (Å²) in [6.07, 6.45) is 0.0278. The lowest BCUT2D eigenvalue weighted by Crippen LogP contribution is -2.25. The predicted molar refractivity (Wildman–Crippen MR) is 120 cm³/mol. The Labute approximate surface area is 194 Å². The van der Waals surface area contributed by atoms with Crippen LogP contribution in [0.3, 0.4) is 0 Å². The lowest BCUT2D eigenvalue weighted by molar-refractivity contribution is -0.286. The van der Waals surface area contributed by atoms with Crippen molar-refractivity contribution in [3.05, 3.63) is 54.4 Å². The number of aliphatic carboxylic acids is 1. The highest BCUT2D eigenvalue weighted by atomic mass is 19.3. The van der Waals surface area contributed by atoms with E-state index >= 15 is 0 Å². The van der Waals surface area contributed by atoms with Crippen LogP contribution in [-0.2, 0) is 4.79 Å². The number of carboxylic acids is 1. The van der Waals surface area contributed by atoms with Crippen LogP contribution in [-0.4, -0.2) is 33.9 Å². The zero-order chi connectivity index (χ0) is 24.3. The predicted octanol–water partition coefficient (Wildman–Crippen LogP) is 5.58. The molecular weight excluding hydrogens is 448 g/mol. The highest BCUT2D eigenvalue weighted by Crippen LogP contribution is 2.44. The Morgan fingerprint density at radius 3 is 2.53 bits per heavy atom. The fraction of sp³-hybridized carbons (Fsp3) is 0.292. The van der Waals surface area contributed by atoms with Crippen LogP contribution < -0.4 is 19.5 Å². The number of ether oxygens (including phenoxy) is 3. The summed E-state index contributed by atoms with van der Waals surface area (Å²) < 4.78 is 41.3. The SMILES string of the molecule is CCOc1ncc(Nc2cc([C@H](CC)CC(=O)O)ccc2-c2ccc3c(c2)OC(F)(F)O3)cn1. The van der Waals surface area contributed by atoms with Gasteiger partial charge >= 0.3 is 18.3 Å². The van der Waals surface area contributed by atoms with Gasteiger partial charge in [0.15, 0.2) is 11.5 Å². The summed E-state index contributed by atoms with van der Waals surface area (Å²) in [5, 5.41) is 12.5. The van der Waals surface area contributed by atoms with Gasteiger partial charge in [0, 0.05) is 11.3 Å². The van der Waals surface area contributed by atoms with E-state index in [0.29, 0.717) is 35.5 Å². The second-order valence-electron chi connectivity index (χ2n) is 7.65. The number of hydrogen-bond acceptors (Lipinski definition) is 7. The maximum Gasteiger partial charge on any atom is 0.586 e. The van der Waals surface area contributed by atoms with Crippen molar-refractivity contribution in [2.75, 3.05) is 11.9 Å². The van der Waals surface area contributed by atoms with E-state index in [9.17, 15) is 18.7 Å². The number of nitrogens with zero attached hydrogens (tertiary/aromatic N) is 2. The van der Waals surface area contributed by atoms with Gasteiger partial charge in [0.25, 0.3) is 0 Å². The minimum atomic E-state index is -3.71. The molecule has 0 saturated heterocycles. The number of alkyl halides is 2. The van der Waals surface area contributed by atoms with Gasteiger partial charge in [-0.15, -0.1) is 8.78 Å². The molecule has 4 rings (SSSR count). The van der Waals surface area contributed by atoms with Crippen LogP contribution >= 0.6 is 0 Å². The Bertz CT molecular complexity index is 1190. The van der Waals surface area contributed by atoms with Crippen LogP contribution in [0.5, 0.6) is 17.5 Å². The van der Waals surface area contributed by atoms with Crippen molar-refractivity contribution >= 4 is 17.3 Å². The first-order valence-electron chi connectivity index (χ1n) is 10.8. The second-order valence-corrected chi connectivity index (χ2v) is 7.65. The Morgan fingerprint density at radius 1 is 1.12 bits per heavy atom. The molecule has 0 aliphatic carbocycles. The van der Waals surface area contributed by atoms with Crippen molar-refractivity contribution in [1.82, 2.24) is 9.97 Å². The molecule has 0 radical (unpaired) electrons. The third-order valence-electron chi connectivity index (χ3n) is 5.32. The van der Waals surface area contributed by atoms with Crippen molar-refractivity contribution in [3.8, 4) is 28.6 Å². The van der Waals surface area contributed by atoms with Crippen molar-refractivity contribution in [3.63, 3.8) is 0 Å². The third kappa shape index (κ3) is 5.16. The number of fused-ring (bicyclic) bond motifs is 1. The molecule has 34 heavy (non-hydrogen) atoms.